The molecule has 1 aromatic rings. The van der Waals surface area contributed by atoms with Crippen molar-refractivity contribution in [1.29, 1.82) is 0 Å². The van der Waals surface area contributed by atoms with Gasteiger partial charge in [-0.15, -0.1) is 23.1 Å². The van der Waals surface area contributed by atoms with Crippen LogP contribution in [0.15, 0.2) is 6.07 Å². The highest BCUT2D eigenvalue weighted by Gasteiger charge is 2.19. The van der Waals surface area contributed by atoms with Gasteiger partial charge in [-0.05, 0) is 19.4 Å². The van der Waals surface area contributed by atoms with Crippen LogP contribution in [-0.4, -0.2) is 29.0 Å². The molecule has 4 nitrogen and oxygen atoms in total. The summed E-state index contributed by atoms with van der Waals surface area (Å²) < 4.78 is 5.07. The van der Waals surface area contributed by atoms with E-state index in [1.165, 1.54) is 11.3 Å². The average Bonchev–Trinajstić information content (AvgIpc) is 2.79. The monoisotopic (exact) mass is 329 g/mol. The highest BCUT2D eigenvalue weighted by molar-refractivity contribution is 8.01. The molecule has 6 heteroatoms. The second-order valence-corrected chi connectivity index (χ2v) is 8.42. The molecule has 0 fully saturated rings. The molecule has 118 valence electrons. The van der Waals surface area contributed by atoms with Crippen LogP contribution in [0.25, 0.3) is 0 Å². The largest absolute Gasteiger partial charge is 0.462 e. The lowest BCUT2D eigenvalue weighted by Gasteiger charge is -2.16. The maximum atomic E-state index is 12.0. The van der Waals surface area contributed by atoms with Crippen LogP contribution in [0, 0.1) is 0 Å². The number of hydrogen-bond acceptors (Lipinski definition) is 5. The maximum Gasteiger partial charge on any atom is 0.341 e. The van der Waals surface area contributed by atoms with Gasteiger partial charge in [0.15, 0.2) is 0 Å². The molecule has 0 spiro atoms. The molecule has 1 aromatic heterocycles. The maximum absolute atomic E-state index is 12.0. The van der Waals surface area contributed by atoms with Crippen LogP contribution in [-0.2, 0) is 16.0 Å². The average molecular weight is 329 g/mol. The molecule has 0 atom stereocenters. The molecule has 0 saturated carbocycles. The molecule has 0 aromatic carbocycles. The number of hydrogen-bond donors (Lipinski definition) is 1. The summed E-state index contributed by atoms with van der Waals surface area (Å²) in [4.78, 5) is 25.0. The number of ether oxygens (including phenoxy) is 1. The number of aryl methyl sites for hydroxylation is 1. The van der Waals surface area contributed by atoms with E-state index in [2.05, 4.69) is 26.1 Å². The van der Waals surface area contributed by atoms with Crippen molar-refractivity contribution >= 4 is 40.0 Å². The van der Waals surface area contributed by atoms with Crippen LogP contribution < -0.4 is 5.32 Å². The van der Waals surface area contributed by atoms with Crippen LogP contribution >= 0.6 is 23.1 Å². The molecule has 21 heavy (non-hydrogen) atoms. The molecule has 1 heterocycles. The topological polar surface area (TPSA) is 55.4 Å². The second kappa shape index (κ2) is 7.84. The molecule has 0 aliphatic rings. The summed E-state index contributed by atoms with van der Waals surface area (Å²) in [5.74, 6) is -0.109. The van der Waals surface area contributed by atoms with Gasteiger partial charge in [0.1, 0.15) is 5.00 Å². The molecule has 0 aliphatic carbocycles. The van der Waals surface area contributed by atoms with Gasteiger partial charge in [0.25, 0.3) is 0 Å². The van der Waals surface area contributed by atoms with Gasteiger partial charge < -0.3 is 10.1 Å². The number of thioether (sulfide) groups is 1. The fourth-order valence-electron chi connectivity index (χ4n) is 1.51. The third kappa shape index (κ3) is 6.09. The molecule has 0 saturated heterocycles. The number of rotatable bonds is 6. The van der Waals surface area contributed by atoms with Crippen molar-refractivity contribution in [2.24, 2.45) is 0 Å². The summed E-state index contributed by atoms with van der Waals surface area (Å²) in [6, 6.07) is 1.80. The van der Waals surface area contributed by atoms with Crippen molar-refractivity contribution in [3.8, 4) is 0 Å². The molecule has 0 radical (unpaired) electrons. The van der Waals surface area contributed by atoms with E-state index in [1.807, 2.05) is 6.92 Å². The van der Waals surface area contributed by atoms with E-state index in [-0.39, 0.29) is 16.6 Å². The number of nitrogens with one attached hydrogen (secondary N) is 1. The van der Waals surface area contributed by atoms with Gasteiger partial charge >= 0.3 is 5.97 Å². The normalized spacial score (nSPS) is 11.3. The Bertz CT molecular complexity index is 504. The van der Waals surface area contributed by atoms with Crippen molar-refractivity contribution in [1.82, 2.24) is 0 Å². The summed E-state index contributed by atoms with van der Waals surface area (Å²) in [6.45, 7) is 10.3. The summed E-state index contributed by atoms with van der Waals surface area (Å²) in [5, 5.41) is 3.42. The standard InChI is InChI=1S/C15H23NO3S2/c1-6-10-8-11(14(18)19-7-2)13(21-10)16-12(17)9-20-15(3,4)5/h8H,6-7,9H2,1-5H3,(H,16,17). The number of carbonyl (C=O) groups excluding carboxylic acids is 2. The SMILES string of the molecule is CCOC(=O)c1cc(CC)sc1NC(=O)CSC(C)(C)C. The minimum atomic E-state index is -0.382. The lowest BCUT2D eigenvalue weighted by Crippen LogP contribution is -2.19. The fraction of sp³-hybridized carbons (Fsp3) is 0.600. The number of anilines is 1. The molecule has 0 unspecified atom stereocenters. The molecular formula is C15H23NO3S2. The molecule has 1 N–H and O–H groups in total. The van der Waals surface area contributed by atoms with Crippen LogP contribution in [0.4, 0.5) is 5.00 Å². The van der Waals surface area contributed by atoms with E-state index in [4.69, 9.17) is 4.74 Å². The molecule has 0 aliphatic heterocycles. The first-order chi connectivity index (χ1) is 9.76. The Morgan fingerprint density at radius 3 is 2.52 bits per heavy atom. The zero-order valence-electron chi connectivity index (χ0n) is 13.2. The van der Waals surface area contributed by atoms with Crippen molar-refractivity contribution in [3.63, 3.8) is 0 Å². The first kappa shape index (κ1) is 18.0. The van der Waals surface area contributed by atoms with Crippen molar-refractivity contribution in [2.75, 3.05) is 17.7 Å². The van der Waals surface area contributed by atoms with Gasteiger partial charge in [-0.3, -0.25) is 4.79 Å². The van der Waals surface area contributed by atoms with Crippen molar-refractivity contribution < 1.29 is 14.3 Å². The van der Waals surface area contributed by atoms with Gasteiger partial charge in [0.2, 0.25) is 5.91 Å². The van der Waals surface area contributed by atoms with Gasteiger partial charge in [0.05, 0.1) is 17.9 Å². The Labute approximate surface area is 134 Å². The number of thiophene rings is 1. The molecular weight excluding hydrogens is 306 g/mol. The summed E-state index contributed by atoms with van der Waals surface area (Å²) in [7, 11) is 0. The molecule has 1 rings (SSSR count). The summed E-state index contributed by atoms with van der Waals surface area (Å²) in [5.41, 5.74) is 0.452. The Balaban J connectivity index is 2.79. The van der Waals surface area contributed by atoms with E-state index in [0.717, 1.165) is 11.3 Å². The summed E-state index contributed by atoms with van der Waals surface area (Å²) in [6.07, 6.45) is 0.823. The Hall–Kier alpha value is -1.01. The first-order valence-corrected chi connectivity index (χ1v) is 8.80. The highest BCUT2D eigenvalue weighted by Crippen LogP contribution is 2.30. The fourth-order valence-corrected chi connectivity index (χ4v) is 3.15. The zero-order valence-corrected chi connectivity index (χ0v) is 14.9. The predicted molar refractivity (Wildman–Crippen MR) is 90.5 cm³/mol. The number of amides is 1. The van der Waals surface area contributed by atoms with Gasteiger partial charge in [-0.25, -0.2) is 4.79 Å². The highest BCUT2D eigenvalue weighted by atomic mass is 32.2. The van der Waals surface area contributed by atoms with E-state index >= 15 is 0 Å². The van der Waals surface area contributed by atoms with Gasteiger partial charge in [-0.2, -0.15) is 0 Å². The predicted octanol–water partition coefficient (Wildman–Crippen LogP) is 3.96. The smallest absolute Gasteiger partial charge is 0.341 e. The zero-order chi connectivity index (χ0) is 16.0. The quantitative estimate of drug-likeness (QED) is 0.803. The lowest BCUT2D eigenvalue weighted by molar-refractivity contribution is -0.113. The van der Waals surface area contributed by atoms with Gasteiger partial charge in [0, 0.05) is 9.62 Å². The Kier molecular flexibility index (Phi) is 6.74. The first-order valence-electron chi connectivity index (χ1n) is 7.00. The Morgan fingerprint density at radius 2 is 2.00 bits per heavy atom. The third-order valence-corrected chi connectivity index (χ3v) is 4.98. The molecule has 0 bridgehead atoms. The molecule has 1 amide bonds. The van der Waals surface area contributed by atoms with Crippen LogP contribution in [0.2, 0.25) is 0 Å². The summed E-state index contributed by atoms with van der Waals surface area (Å²) >= 11 is 3.01. The van der Waals surface area contributed by atoms with Crippen LogP contribution in [0.5, 0.6) is 0 Å². The van der Waals surface area contributed by atoms with E-state index < -0.39 is 0 Å². The van der Waals surface area contributed by atoms with Crippen LogP contribution in [0.1, 0.15) is 49.9 Å². The van der Waals surface area contributed by atoms with E-state index in [1.54, 1.807) is 24.8 Å². The van der Waals surface area contributed by atoms with E-state index in [9.17, 15) is 9.59 Å². The minimum absolute atomic E-state index is 0.0331. The Morgan fingerprint density at radius 1 is 1.33 bits per heavy atom. The third-order valence-electron chi connectivity index (χ3n) is 2.52. The van der Waals surface area contributed by atoms with E-state index in [0.29, 0.717) is 22.9 Å². The van der Waals surface area contributed by atoms with Crippen molar-refractivity contribution in [2.45, 2.75) is 45.8 Å². The van der Waals surface area contributed by atoms with Gasteiger partial charge in [-0.1, -0.05) is 27.7 Å². The van der Waals surface area contributed by atoms with Crippen molar-refractivity contribution in [3.05, 3.63) is 16.5 Å². The number of esters is 1. The second-order valence-electron chi connectivity index (χ2n) is 5.48. The lowest BCUT2D eigenvalue weighted by atomic mass is 10.2. The minimum Gasteiger partial charge on any atom is -0.462 e. The number of carbonyl (C=O) groups is 2. The van der Waals surface area contributed by atoms with Crippen LogP contribution in [0.3, 0.4) is 0 Å².